The summed E-state index contributed by atoms with van der Waals surface area (Å²) in [7, 11) is 1.54. The van der Waals surface area contributed by atoms with Crippen LogP contribution < -0.4 is 10.6 Å². The summed E-state index contributed by atoms with van der Waals surface area (Å²) >= 11 is 0. The highest BCUT2D eigenvalue weighted by atomic mass is 16.3. The van der Waals surface area contributed by atoms with Crippen molar-refractivity contribution in [1.82, 2.24) is 15.5 Å². The monoisotopic (exact) mass is 300 g/mol. The second kappa shape index (κ2) is 7.00. The van der Waals surface area contributed by atoms with Crippen molar-refractivity contribution in [3.63, 3.8) is 0 Å². The molecule has 6 nitrogen and oxygen atoms in total. The zero-order chi connectivity index (χ0) is 16.0. The van der Waals surface area contributed by atoms with Crippen molar-refractivity contribution in [2.24, 2.45) is 0 Å². The molecular weight excluding hydrogens is 280 g/mol. The standard InChI is InChI=1S/C16H20N4O2/c1-16(22,12-6-4-3-5-7-12)10-11-18-14-9-8-13(19-20-14)15(21)17-2/h3-9,22H,10-11H2,1-2H3,(H,17,21)(H,18,20). The molecule has 6 heteroatoms. The topological polar surface area (TPSA) is 87.1 Å². The van der Waals surface area contributed by atoms with E-state index >= 15 is 0 Å². The molecule has 1 amide bonds. The maximum atomic E-state index is 11.4. The fraction of sp³-hybridized carbons (Fsp3) is 0.312. The van der Waals surface area contributed by atoms with E-state index < -0.39 is 5.60 Å². The Morgan fingerprint density at radius 2 is 1.91 bits per heavy atom. The number of nitrogens with one attached hydrogen (secondary N) is 2. The first-order chi connectivity index (χ1) is 10.5. The van der Waals surface area contributed by atoms with Crippen LogP contribution in [0.4, 0.5) is 5.82 Å². The molecule has 0 aliphatic rings. The number of nitrogens with zero attached hydrogens (tertiary/aromatic N) is 2. The number of hydrogen-bond acceptors (Lipinski definition) is 5. The van der Waals surface area contributed by atoms with Gasteiger partial charge in [-0.25, -0.2) is 0 Å². The molecule has 116 valence electrons. The van der Waals surface area contributed by atoms with Crippen LogP contribution >= 0.6 is 0 Å². The van der Waals surface area contributed by atoms with Gasteiger partial charge in [0.1, 0.15) is 5.82 Å². The van der Waals surface area contributed by atoms with Gasteiger partial charge in [-0.2, -0.15) is 0 Å². The largest absolute Gasteiger partial charge is 0.385 e. The SMILES string of the molecule is CNC(=O)c1ccc(NCCC(C)(O)c2ccccc2)nn1. The second-order valence-corrected chi connectivity index (χ2v) is 5.20. The molecule has 0 aliphatic carbocycles. The summed E-state index contributed by atoms with van der Waals surface area (Å²) in [6.07, 6.45) is 0.524. The van der Waals surface area contributed by atoms with Crippen LogP contribution in [0.2, 0.25) is 0 Å². The molecule has 0 saturated carbocycles. The van der Waals surface area contributed by atoms with Gasteiger partial charge in [0, 0.05) is 13.6 Å². The van der Waals surface area contributed by atoms with Crippen LogP contribution in [0.25, 0.3) is 0 Å². The zero-order valence-corrected chi connectivity index (χ0v) is 12.7. The van der Waals surface area contributed by atoms with Crippen LogP contribution in [0.5, 0.6) is 0 Å². The number of anilines is 1. The Bertz CT molecular complexity index is 612. The van der Waals surface area contributed by atoms with Crippen LogP contribution in [0.15, 0.2) is 42.5 Å². The molecule has 2 aromatic rings. The van der Waals surface area contributed by atoms with E-state index in [1.165, 1.54) is 0 Å². The maximum absolute atomic E-state index is 11.4. The molecule has 0 saturated heterocycles. The predicted molar refractivity (Wildman–Crippen MR) is 84.5 cm³/mol. The number of hydrogen-bond donors (Lipinski definition) is 3. The van der Waals surface area contributed by atoms with E-state index in [2.05, 4.69) is 20.8 Å². The number of aromatic nitrogens is 2. The summed E-state index contributed by atoms with van der Waals surface area (Å²) in [5, 5.41) is 23.8. The normalized spacial score (nSPS) is 13.2. The predicted octanol–water partition coefficient (Wildman–Crippen LogP) is 1.55. The molecule has 1 heterocycles. The van der Waals surface area contributed by atoms with Crippen molar-refractivity contribution in [2.45, 2.75) is 18.9 Å². The zero-order valence-electron chi connectivity index (χ0n) is 12.7. The molecule has 0 bridgehead atoms. The molecule has 1 unspecified atom stereocenters. The Labute approximate surface area is 129 Å². The lowest BCUT2D eigenvalue weighted by Gasteiger charge is -2.24. The fourth-order valence-corrected chi connectivity index (χ4v) is 2.05. The van der Waals surface area contributed by atoms with Gasteiger partial charge < -0.3 is 15.7 Å². The van der Waals surface area contributed by atoms with E-state index in [0.717, 1.165) is 5.56 Å². The van der Waals surface area contributed by atoms with E-state index in [4.69, 9.17) is 0 Å². The van der Waals surface area contributed by atoms with Crippen LogP contribution in [0.3, 0.4) is 0 Å². The Kier molecular flexibility index (Phi) is 5.06. The molecule has 1 aromatic carbocycles. The fourth-order valence-electron chi connectivity index (χ4n) is 2.05. The Morgan fingerprint density at radius 3 is 2.50 bits per heavy atom. The van der Waals surface area contributed by atoms with Gasteiger partial charge >= 0.3 is 0 Å². The van der Waals surface area contributed by atoms with Crippen molar-refractivity contribution in [1.29, 1.82) is 0 Å². The molecule has 22 heavy (non-hydrogen) atoms. The lowest BCUT2D eigenvalue weighted by molar-refractivity contribution is 0.0515. The van der Waals surface area contributed by atoms with Crippen LogP contribution in [-0.2, 0) is 5.60 Å². The van der Waals surface area contributed by atoms with Gasteiger partial charge in [0.15, 0.2) is 5.69 Å². The average molecular weight is 300 g/mol. The highest BCUT2D eigenvalue weighted by Crippen LogP contribution is 2.23. The summed E-state index contributed by atoms with van der Waals surface area (Å²) in [4.78, 5) is 11.4. The Morgan fingerprint density at radius 1 is 1.18 bits per heavy atom. The third kappa shape index (κ3) is 4.02. The van der Waals surface area contributed by atoms with Gasteiger partial charge in [0.25, 0.3) is 5.91 Å². The first-order valence-corrected chi connectivity index (χ1v) is 7.10. The van der Waals surface area contributed by atoms with E-state index in [0.29, 0.717) is 18.8 Å². The summed E-state index contributed by atoms with van der Waals surface area (Å²) in [5.41, 5.74) is 0.228. The van der Waals surface area contributed by atoms with Gasteiger partial charge in [-0.15, -0.1) is 10.2 Å². The van der Waals surface area contributed by atoms with E-state index in [1.807, 2.05) is 30.3 Å². The molecule has 0 aliphatic heterocycles. The molecular formula is C16H20N4O2. The molecule has 1 aromatic heterocycles. The number of benzene rings is 1. The first kappa shape index (κ1) is 15.9. The van der Waals surface area contributed by atoms with Crippen molar-refractivity contribution in [3.8, 4) is 0 Å². The van der Waals surface area contributed by atoms with Gasteiger partial charge in [0.2, 0.25) is 0 Å². The lowest BCUT2D eigenvalue weighted by atomic mass is 9.93. The first-order valence-electron chi connectivity index (χ1n) is 7.10. The van der Waals surface area contributed by atoms with Crippen molar-refractivity contribution in [2.75, 3.05) is 18.9 Å². The number of carbonyl (C=O) groups is 1. The smallest absolute Gasteiger partial charge is 0.271 e. The maximum Gasteiger partial charge on any atom is 0.271 e. The summed E-state index contributed by atoms with van der Waals surface area (Å²) in [5.74, 6) is 0.294. The molecule has 0 fully saturated rings. The molecule has 3 N–H and O–H groups in total. The quantitative estimate of drug-likeness (QED) is 0.753. The van der Waals surface area contributed by atoms with Gasteiger partial charge in [-0.05, 0) is 31.0 Å². The minimum atomic E-state index is -0.913. The second-order valence-electron chi connectivity index (χ2n) is 5.20. The van der Waals surface area contributed by atoms with Gasteiger partial charge in [-0.1, -0.05) is 30.3 Å². The average Bonchev–Trinajstić information content (AvgIpc) is 2.55. The molecule has 0 spiro atoms. The molecule has 2 rings (SSSR count). The van der Waals surface area contributed by atoms with Crippen molar-refractivity contribution >= 4 is 11.7 Å². The molecule has 0 radical (unpaired) electrons. The van der Waals surface area contributed by atoms with E-state index in [9.17, 15) is 9.90 Å². The molecule has 1 atom stereocenters. The number of amides is 1. The highest BCUT2D eigenvalue weighted by Gasteiger charge is 2.22. The number of aliphatic hydroxyl groups is 1. The van der Waals surface area contributed by atoms with E-state index in [1.54, 1.807) is 26.1 Å². The van der Waals surface area contributed by atoms with Gasteiger partial charge in [-0.3, -0.25) is 4.79 Å². The summed E-state index contributed by atoms with van der Waals surface area (Å²) in [6.45, 7) is 2.32. The summed E-state index contributed by atoms with van der Waals surface area (Å²) in [6, 6.07) is 12.8. The van der Waals surface area contributed by atoms with Crippen molar-refractivity contribution in [3.05, 3.63) is 53.7 Å². The van der Waals surface area contributed by atoms with Crippen LogP contribution in [0, 0.1) is 0 Å². The highest BCUT2D eigenvalue weighted by molar-refractivity contribution is 5.91. The third-order valence-electron chi connectivity index (χ3n) is 3.44. The van der Waals surface area contributed by atoms with Gasteiger partial charge in [0.05, 0.1) is 5.60 Å². The Balaban J connectivity index is 1.89. The summed E-state index contributed by atoms with van der Waals surface area (Å²) < 4.78 is 0. The minimum Gasteiger partial charge on any atom is -0.385 e. The minimum absolute atomic E-state index is 0.268. The lowest BCUT2D eigenvalue weighted by Crippen LogP contribution is -2.25. The third-order valence-corrected chi connectivity index (χ3v) is 3.44. The van der Waals surface area contributed by atoms with Crippen LogP contribution in [0.1, 0.15) is 29.4 Å². The van der Waals surface area contributed by atoms with Crippen molar-refractivity contribution < 1.29 is 9.90 Å². The van der Waals surface area contributed by atoms with E-state index in [-0.39, 0.29) is 11.6 Å². The number of carbonyl (C=O) groups excluding carboxylic acids is 1. The Hall–Kier alpha value is -2.47. The van der Waals surface area contributed by atoms with Crippen LogP contribution in [-0.4, -0.2) is 34.8 Å². The number of rotatable bonds is 6.